The zero-order valence-corrected chi connectivity index (χ0v) is 16.2. The van der Waals surface area contributed by atoms with Gasteiger partial charge in [0.15, 0.2) is 5.16 Å². The van der Waals surface area contributed by atoms with Crippen molar-refractivity contribution in [1.82, 2.24) is 9.55 Å². The van der Waals surface area contributed by atoms with Crippen LogP contribution < -0.4 is 10.9 Å². The summed E-state index contributed by atoms with van der Waals surface area (Å²) in [5, 5.41) is 5.93. The van der Waals surface area contributed by atoms with Crippen LogP contribution in [0.2, 0.25) is 0 Å². The molecule has 5 nitrogen and oxygen atoms in total. The number of rotatable bonds is 6. The number of benzene rings is 1. The number of hydrogen-bond acceptors (Lipinski definition) is 5. The molecule has 0 saturated heterocycles. The van der Waals surface area contributed by atoms with Crippen molar-refractivity contribution in [2.75, 3.05) is 11.1 Å². The number of nitrogens with zero attached hydrogens (tertiary/aromatic N) is 2. The molecule has 2 heterocycles. The molecule has 1 amide bonds. The van der Waals surface area contributed by atoms with Gasteiger partial charge < -0.3 is 5.32 Å². The average molecular weight is 386 g/mol. The van der Waals surface area contributed by atoms with Crippen LogP contribution in [0.25, 0.3) is 10.2 Å². The van der Waals surface area contributed by atoms with E-state index < -0.39 is 0 Å². The molecular formula is C19H19N3O2S2. The fourth-order valence-corrected chi connectivity index (χ4v) is 4.26. The van der Waals surface area contributed by atoms with E-state index in [9.17, 15) is 9.59 Å². The van der Waals surface area contributed by atoms with Gasteiger partial charge >= 0.3 is 0 Å². The van der Waals surface area contributed by atoms with Crippen LogP contribution >= 0.6 is 23.1 Å². The van der Waals surface area contributed by atoms with E-state index in [1.54, 1.807) is 16.7 Å². The van der Waals surface area contributed by atoms with E-state index in [4.69, 9.17) is 0 Å². The van der Waals surface area contributed by atoms with Gasteiger partial charge in [0.1, 0.15) is 4.83 Å². The first-order valence-electron chi connectivity index (χ1n) is 8.09. The number of carbonyl (C=O) groups is 1. The molecule has 134 valence electrons. The lowest BCUT2D eigenvalue weighted by molar-refractivity contribution is -0.113. The Hall–Kier alpha value is -2.38. The summed E-state index contributed by atoms with van der Waals surface area (Å²) in [5.41, 5.74) is 2.77. The first kappa shape index (κ1) is 18.4. The largest absolute Gasteiger partial charge is 0.325 e. The number of carbonyl (C=O) groups excluding carboxylic acids is 1. The molecule has 0 saturated carbocycles. The molecule has 0 aliphatic heterocycles. The molecule has 0 radical (unpaired) electrons. The van der Waals surface area contributed by atoms with Gasteiger partial charge in [-0.15, -0.1) is 17.9 Å². The Morgan fingerprint density at radius 3 is 2.77 bits per heavy atom. The third kappa shape index (κ3) is 3.73. The van der Waals surface area contributed by atoms with Crippen LogP contribution in [0.5, 0.6) is 0 Å². The number of aromatic nitrogens is 2. The summed E-state index contributed by atoms with van der Waals surface area (Å²) < 4.78 is 1.55. The molecule has 7 heteroatoms. The van der Waals surface area contributed by atoms with E-state index in [0.717, 1.165) is 16.8 Å². The minimum Gasteiger partial charge on any atom is -0.325 e. The SMILES string of the molecule is C=CCn1c(SCC(=O)Nc2c(C)cccc2C)nc2sccc2c1=O. The summed E-state index contributed by atoms with van der Waals surface area (Å²) in [7, 11) is 0. The molecule has 1 aromatic carbocycles. The Morgan fingerprint density at radius 2 is 2.08 bits per heavy atom. The quantitative estimate of drug-likeness (QED) is 0.396. The lowest BCUT2D eigenvalue weighted by Crippen LogP contribution is -2.23. The van der Waals surface area contributed by atoms with Gasteiger partial charge in [-0.05, 0) is 36.4 Å². The highest BCUT2D eigenvalue weighted by atomic mass is 32.2. The molecule has 0 aliphatic carbocycles. The first-order valence-corrected chi connectivity index (χ1v) is 9.95. The standard InChI is InChI=1S/C19H19N3O2S2/c1-4-9-22-18(24)14-8-10-25-17(14)21-19(22)26-11-15(23)20-16-12(2)6-5-7-13(16)3/h4-8,10H,1,9,11H2,2-3H3,(H,20,23). The molecule has 0 bridgehead atoms. The molecule has 2 aromatic heterocycles. The monoisotopic (exact) mass is 385 g/mol. The molecular weight excluding hydrogens is 366 g/mol. The lowest BCUT2D eigenvalue weighted by Gasteiger charge is -2.12. The number of aryl methyl sites for hydroxylation is 2. The first-order chi connectivity index (χ1) is 12.5. The highest BCUT2D eigenvalue weighted by Crippen LogP contribution is 2.23. The van der Waals surface area contributed by atoms with Gasteiger partial charge in [-0.1, -0.05) is 36.0 Å². The van der Waals surface area contributed by atoms with Crippen molar-refractivity contribution in [2.45, 2.75) is 25.5 Å². The number of amides is 1. The van der Waals surface area contributed by atoms with E-state index in [2.05, 4.69) is 16.9 Å². The van der Waals surface area contributed by atoms with Gasteiger partial charge in [-0.2, -0.15) is 0 Å². The molecule has 26 heavy (non-hydrogen) atoms. The van der Waals surface area contributed by atoms with Crippen molar-refractivity contribution in [1.29, 1.82) is 0 Å². The highest BCUT2D eigenvalue weighted by molar-refractivity contribution is 7.99. The number of para-hydroxylation sites is 1. The normalized spacial score (nSPS) is 10.8. The summed E-state index contributed by atoms with van der Waals surface area (Å²) in [6.07, 6.45) is 1.65. The van der Waals surface area contributed by atoms with Crippen molar-refractivity contribution in [2.24, 2.45) is 0 Å². The summed E-state index contributed by atoms with van der Waals surface area (Å²) in [4.78, 5) is 30.2. The average Bonchev–Trinajstić information content (AvgIpc) is 3.08. The van der Waals surface area contributed by atoms with E-state index in [1.165, 1.54) is 23.1 Å². The van der Waals surface area contributed by atoms with Gasteiger partial charge in [-0.25, -0.2) is 4.98 Å². The van der Waals surface area contributed by atoms with Crippen LogP contribution in [-0.2, 0) is 11.3 Å². The molecule has 0 unspecified atom stereocenters. The summed E-state index contributed by atoms with van der Waals surface area (Å²) in [5.74, 6) is 0.0481. The van der Waals surface area contributed by atoms with E-state index in [-0.39, 0.29) is 17.2 Å². The zero-order valence-electron chi connectivity index (χ0n) is 14.6. The molecule has 0 aliphatic rings. The third-order valence-corrected chi connectivity index (χ3v) is 5.72. The number of nitrogens with one attached hydrogen (secondary N) is 1. The van der Waals surface area contributed by atoms with Crippen LogP contribution in [0.3, 0.4) is 0 Å². The zero-order chi connectivity index (χ0) is 18.7. The number of allylic oxidation sites excluding steroid dienone is 1. The summed E-state index contributed by atoms with van der Waals surface area (Å²) in [6.45, 7) is 7.99. The topological polar surface area (TPSA) is 64.0 Å². The predicted octanol–water partition coefficient (Wildman–Crippen LogP) is 3.99. The van der Waals surface area contributed by atoms with E-state index in [0.29, 0.717) is 21.9 Å². The minimum atomic E-state index is -0.127. The van der Waals surface area contributed by atoms with Crippen LogP contribution in [0.4, 0.5) is 5.69 Å². The van der Waals surface area contributed by atoms with Gasteiger partial charge in [0.25, 0.3) is 5.56 Å². The van der Waals surface area contributed by atoms with Crippen molar-refractivity contribution in [3.63, 3.8) is 0 Å². The lowest BCUT2D eigenvalue weighted by atomic mass is 10.1. The molecule has 0 atom stereocenters. The fraction of sp³-hybridized carbons (Fsp3) is 0.211. The van der Waals surface area contributed by atoms with Crippen LogP contribution in [0, 0.1) is 13.8 Å². The maximum atomic E-state index is 12.6. The van der Waals surface area contributed by atoms with Crippen LogP contribution in [-0.4, -0.2) is 21.2 Å². The second-order valence-electron chi connectivity index (χ2n) is 5.84. The molecule has 0 fully saturated rings. The summed E-state index contributed by atoms with van der Waals surface area (Å²) >= 11 is 2.68. The Bertz CT molecular complexity index is 1020. The Morgan fingerprint density at radius 1 is 1.35 bits per heavy atom. The van der Waals surface area contributed by atoms with Gasteiger partial charge in [0.2, 0.25) is 5.91 Å². The Kier molecular flexibility index (Phi) is 5.58. The van der Waals surface area contributed by atoms with Crippen molar-refractivity contribution in [3.8, 4) is 0 Å². The van der Waals surface area contributed by atoms with Crippen LogP contribution in [0.1, 0.15) is 11.1 Å². The Balaban J connectivity index is 1.80. The number of thioether (sulfide) groups is 1. The molecule has 3 rings (SSSR count). The summed E-state index contributed by atoms with van der Waals surface area (Å²) in [6, 6.07) is 7.66. The Labute approximate surface area is 159 Å². The number of fused-ring (bicyclic) bond motifs is 1. The van der Waals surface area contributed by atoms with Gasteiger partial charge in [0.05, 0.1) is 11.1 Å². The smallest absolute Gasteiger partial charge is 0.263 e. The van der Waals surface area contributed by atoms with Crippen molar-refractivity contribution < 1.29 is 4.79 Å². The van der Waals surface area contributed by atoms with Crippen molar-refractivity contribution >= 4 is 44.9 Å². The van der Waals surface area contributed by atoms with Crippen molar-refractivity contribution in [3.05, 3.63) is 63.8 Å². The van der Waals surface area contributed by atoms with Gasteiger partial charge in [-0.3, -0.25) is 14.2 Å². The highest BCUT2D eigenvalue weighted by Gasteiger charge is 2.14. The molecule has 3 aromatic rings. The maximum Gasteiger partial charge on any atom is 0.263 e. The van der Waals surface area contributed by atoms with E-state index >= 15 is 0 Å². The maximum absolute atomic E-state index is 12.6. The van der Waals surface area contributed by atoms with E-state index in [1.807, 2.05) is 37.4 Å². The molecule has 1 N–H and O–H groups in total. The number of thiophene rings is 1. The van der Waals surface area contributed by atoms with Gasteiger partial charge in [0, 0.05) is 12.2 Å². The molecule has 0 spiro atoms. The van der Waals surface area contributed by atoms with Crippen LogP contribution in [0.15, 0.2) is 52.3 Å². The number of anilines is 1. The number of hydrogen-bond donors (Lipinski definition) is 1. The fourth-order valence-electron chi connectivity index (χ4n) is 2.65. The second-order valence-corrected chi connectivity index (χ2v) is 7.68. The predicted molar refractivity (Wildman–Crippen MR) is 109 cm³/mol. The third-order valence-electron chi connectivity index (χ3n) is 3.94. The second kappa shape index (κ2) is 7.88. The minimum absolute atomic E-state index is 0.103.